The van der Waals surface area contributed by atoms with Gasteiger partial charge in [-0.2, -0.15) is 0 Å². The van der Waals surface area contributed by atoms with Gasteiger partial charge >= 0.3 is 0 Å². The molecule has 1 aliphatic rings. The fourth-order valence-electron chi connectivity index (χ4n) is 3.36. The zero-order chi connectivity index (χ0) is 19.0. The van der Waals surface area contributed by atoms with Crippen molar-refractivity contribution >= 4 is 29.3 Å². The molecule has 0 radical (unpaired) electrons. The Morgan fingerprint density at radius 3 is 2.35 bits per heavy atom. The summed E-state index contributed by atoms with van der Waals surface area (Å²) in [5.74, 6) is 0.718. The molecule has 0 saturated carbocycles. The minimum atomic E-state index is -2.96. The van der Waals surface area contributed by atoms with Crippen LogP contribution in [0.5, 0.6) is 5.75 Å². The van der Waals surface area contributed by atoms with Crippen molar-refractivity contribution in [1.29, 1.82) is 0 Å². The highest BCUT2D eigenvalue weighted by Crippen LogP contribution is 2.55. The summed E-state index contributed by atoms with van der Waals surface area (Å²) in [7, 11) is -6.79. The quantitative estimate of drug-likeness (QED) is 0.452. The highest BCUT2D eigenvalue weighted by atomic mass is 31.2. The van der Waals surface area contributed by atoms with Gasteiger partial charge in [0, 0.05) is 11.7 Å². The van der Waals surface area contributed by atoms with Crippen molar-refractivity contribution in [2.75, 3.05) is 6.16 Å². The average molecular weight is 403 g/mol. The number of rotatable bonds is 6. The van der Waals surface area contributed by atoms with Gasteiger partial charge in [0.15, 0.2) is 16.6 Å². The first kappa shape index (κ1) is 19.4. The van der Waals surface area contributed by atoms with Crippen LogP contribution in [0.1, 0.15) is 0 Å². The number of benzene rings is 2. The summed E-state index contributed by atoms with van der Waals surface area (Å²) >= 11 is 0. The van der Waals surface area contributed by atoms with Crippen LogP contribution < -0.4 is 9.83 Å². The maximum Gasteiger partial charge on any atom is 0.277 e. The van der Waals surface area contributed by atoms with Crippen LogP contribution in [0.2, 0.25) is 32.2 Å². The van der Waals surface area contributed by atoms with E-state index >= 15 is 0 Å². The summed E-state index contributed by atoms with van der Waals surface area (Å²) < 4.78 is 26.4. The van der Waals surface area contributed by atoms with Crippen LogP contribution in [0.15, 0.2) is 60.8 Å². The lowest BCUT2D eigenvalue weighted by Gasteiger charge is -2.34. The molecule has 26 heavy (non-hydrogen) atoms. The molecule has 0 N–H and O–H groups in total. The molecule has 1 unspecified atom stereocenters. The minimum Gasteiger partial charge on any atom is -0.453 e. The van der Waals surface area contributed by atoms with E-state index in [9.17, 15) is 4.57 Å². The van der Waals surface area contributed by atoms with E-state index in [-0.39, 0.29) is 0 Å². The molecule has 3 nitrogen and oxygen atoms in total. The molecule has 0 spiro atoms. The van der Waals surface area contributed by atoms with E-state index in [0.717, 1.165) is 28.2 Å². The maximum absolute atomic E-state index is 13.8. The molecule has 0 bridgehead atoms. The van der Waals surface area contributed by atoms with Crippen molar-refractivity contribution in [1.82, 2.24) is 0 Å². The molecule has 3 rings (SSSR count). The predicted octanol–water partition coefficient (Wildman–Crippen LogP) is 5.80. The van der Waals surface area contributed by atoms with Gasteiger partial charge in [-0.3, -0.25) is 4.57 Å². The Bertz CT molecular complexity index is 877. The van der Waals surface area contributed by atoms with Crippen molar-refractivity contribution in [3.63, 3.8) is 0 Å². The van der Waals surface area contributed by atoms with Crippen molar-refractivity contribution in [3.05, 3.63) is 60.8 Å². The van der Waals surface area contributed by atoms with E-state index in [4.69, 9.17) is 8.64 Å². The Hall–Kier alpha value is -1.40. The largest absolute Gasteiger partial charge is 0.453 e. The molecule has 1 aliphatic heterocycles. The summed E-state index contributed by atoms with van der Waals surface area (Å²) in [6.45, 7) is 12.6. The lowest BCUT2D eigenvalue weighted by atomic mass is 10.0. The monoisotopic (exact) mass is 402 g/mol. The second-order valence-corrected chi connectivity index (χ2v) is 18.8. The zero-order valence-corrected chi connectivity index (χ0v) is 18.9. The van der Waals surface area contributed by atoms with Crippen LogP contribution in [0.25, 0.3) is 11.1 Å². The summed E-state index contributed by atoms with van der Waals surface area (Å²) in [6.07, 6.45) is 0.513. The van der Waals surface area contributed by atoms with Gasteiger partial charge in [-0.25, -0.2) is 0 Å². The first-order chi connectivity index (χ1) is 12.2. The summed E-state index contributed by atoms with van der Waals surface area (Å²) in [4.78, 5) is 0. The summed E-state index contributed by atoms with van der Waals surface area (Å²) in [5, 5.41) is 0.837. The first-order valence-electron chi connectivity index (χ1n) is 8.97. The van der Waals surface area contributed by atoms with Crippen LogP contribution in [0.3, 0.4) is 0 Å². The number of hydrogen-bond donors (Lipinski definition) is 0. The van der Waals surface area contributed by atoms with Crippen molar-refractivity contribution in [2.45, 2.75) is 32.2 Å². The number of para-hydroxylation sites is 1. The Morgan fingerprint density at radius 2 is 1.65 bits per heavy atom. The van der Waals surface area contributed by atoms with Crippen LogP contribution in [-0.2, 0) is 8.68 Å². The van der Waals surface area contributed by atoms with Crippen LogP contribution in [-0.4, -0.2) is 22.8 Å². The van der Waals surface area contributed by atoms with Crippen molar-refractivity contribution < 1.29 is 13.2 Å². The fraction of sp³-hybridized carbons (Fsp3) is 0.300. The second-order valence-electron chi connectivity index (χ2n) is 7.92. The minimum absolute atomic E-state index is 0.513. The van der Waals surface area contributed by atoms with Gasteiger partial charge < -0.3 is 8.64 Å². The number of fused-ring (bicyclic) bond motifs is 3. The second kappa shape index (κ2) is 6.97. The van der Waals surface area contributed by atoms with E-state index in [1.165, 1.54) is 0 Å². The molecule has 0 aromatic heterocycles. The van der Waals surface area contributed by atoms with E-state index in [0.29, 0.717) is 6.16 Å². The van der Waals surface area contributed by atoms with Crippen molar-refractivity contribution in [2.24, 2.45) is 0 Å². The van der Waals surface area contributed by atoms with E-state index in [1.807, 2.05) is 54.2 Å². The molecule has 0 saturated heterocycles. The average Bonchev–Trinajstić information content (AvgIpc) is 2.60. The molecule has 2 aromatic rings. The third-order valence-electron chi connectivity index (χ3n) is 4.73. The Balaban J connectivity index is 1.89. The normalized spacial score (nSPS) is 19.2. The SMILES string of the molecule is C=C[Si](C)(C)O[Si](C)(C)CCP1(=O)Oc2ccccc2-c2ccccc21. The molecule has 0 fully saturated rings. The van der Waals surface area contributed by atoms with Crippen molar-refractivity contribution in [3.8, 4) is 16.9 Å². The van der Waals surface area contributed by atoms with E-state index in [1.54, 1.807) is 0 Å². The molecule has 6 heteroatoms. The third kappa shape index (κ3) is 3.96. The van der Waals surface area contributed by atoms with Gasteiger partial charge in [-0.1, -0.05) is 42.1 Å². The highest BCUT2D eigenvalue weighted by molar-refractivity contribution is 7.68. The summed E-state index contributed by atoms with van der Waals surface area (Å²) in [6, 6.07) is 16.6. The Morgan fingerprint density at radius 1 is 1.04 bits per heavy atom. The van der Waals surface area contributed by atoms with Gasteiger partial charge in [0.05, 0.1) is 5.30 Å². The van der Waals surface area contributed by atoms with Crippen LogP contribution >= 0.6 is 7.37 Å². The van der Waals surface area contributed by atoms with E-state index in [2.05, 4.69) is 32.8 Å². The van der Waals surface area contributed by atoms with Crippen LogP contribution in [0, 0.1) is 0 Å². The lowest BCUT2D eigenvalue weighted by molar-refractivity contribution is 0.490. The third-order valence-corrected chi connectivity index (χ3v) is 14.3. The molecule has 138 valence electrons. The van der Waals surface area contributed by atoms with Gasteiger partial charge in [0.2, 0.25) is 0 Å². The highest BCUT2D eigenvalue weighted by Gasteiger charge is 2.39. The van der Waals surface area contributed by atoms with E-state index < -0.39 is 24.0 Å². The maximum atomic E-state index is 13.8. The van der Waals surface area contributed by atoms with Crippen LogP contribution in [0.4, 0.5) is 0 Å². The molecule has 0 aliphatic carbocycles. The van der Waals surface area contributed by atoms with Gasteiger partial charge in [0.1, 0.15) is 5.75 Å². The molecular formula is C20H27O3PSi2. The lowest BCUT2D eigenvalue weighted by Crippen LogP contribution is -2.43. The molecular weight excluding hydrogens is 375 g/mol. The molecule has 1 heterocycles. The van der Waals surface area contributed by atoms with Gasteiger partial charge in [0.25, 0.3) is 7.37 Å². The Labute approximate surface area is 158 Å². The topological polar surface area (TPSA) is 35.5 Å². The Kier molecular flexibility index (Phi) is 5.19. The zero-order valence-electron chi connectivity index (χ0n) is 16.0. The molecule has 1 atom stereocenters. The fourth-order valence-corrected chi connectivity index (χ4v) is 14.9. The molecule has 2 aromatic carbocycles. The predicted molar refractivity (Wildman–Crippen MR) is 116 cm³/mol. The van der Waals surface area contributed by atoms with Gasteiger partial charge in [-0.15, -0.1) is 6.58 Å². The summed E-state index contributed by atoms with van der Waals surface area (Å²) in [5.41, 5.74) is 4.01. The molecule has 0 amide bonds. The standard InChI is InChI=1S/C20H27O3PSi2/c1-6-25(2,3)23-26(4,5)16-15-24(21)20-14-10-8-12-18(20)17-11-7-9-13-19(17)22-24/h6-14H,1,15-16H2,2-5H3. The number of hydrogen-bond acceptors (Lipinski definition) is 3. The van der Waals surface area contributed by atoms with Gasteiger partial charge in [-0.05, 0) is 49.9 Å². The first-order valence-corrected chi connectivity index (χ1v) is 16.9. The smallest absolute Gasteiger partial charge is 0.277 e.